The Morgan fingerprint density at radius 2 is 2.09 bits per heavy atom. The Morgan fingerprint density at radius 3 is 2.55 bits per heavy atom. The molecule has 0 radical (unpaired) electrons. The molecule has 0 aromatic heterocycles. The molecule has 0 spiro atoms. The smallest absolute Gasteiger partial charge is 0.0830 e. The highest BCUT2D eigenvalue weighted by Crippen LogP contribution is 2.14. The third-order valence-corrected chi connectivity index (χ3v) is 1.81. The van der Waals surface area contributed by atoms with E-state index in [0.29, 0.717) is 15.9 Å². The largest absolute Gasteiger partial charge is 0.127 e. The molecule has 0 aliphatic carbocycles. The van der Waals surface area contributed by atoms with Gasteiger partial charge in [0.15, 0.2) is 0 Å². The van der Waals surface area contributed by atoms with Crippen LogP contribution in [0.15, 0.2) is 28.5 Å². The molecular formula is C8H9Cl3. The Kier molecular flexibility index (Phi) is 6.90. The van der Waals surface area contributed by atoms with Crippen molar-refractivity contribution in [2.45, 2.75) is 12.8 Å². The molecule has 0 unspecified atom stereocenters. The van der Waals surface area contributed by atoms with Crippen molar-refractivity contribution in [2.24, 2.45) is 0 Å². The van der Waals surface area contributed by atoms with Crippen molar-refractivity contribution >= 4 is 34.8 Å². The molecule has 0 nitrogen and oxygen atoms in total. The fourth-order valence-corrected chi connectivity index (χ4v) is 1.06. The number of hydrogen-bond donors (Lipinski definition) is 0. The van der Waals surface area contributed by atoms with Crippen LogP contribution in [0.4, 0.5) is 0 Å². The van der Waals surface area contributed by atoms with Crippen molar-refractivity contribution < 1.29 is 0 Å². The summed E-state index contributed by atoms with van der Waals surface area (Å²) >= 11 is 16.8. The highest BCUT2D eigenvalue weighted by atomic mass is 35.5. The summed E-state index contributed by atoms with van der Waals surface area (Å²) in [6.07, 6.45) is 3.24. The van der Waals surface area contributed by atoms with E-state index in [1.807, 2.05) is 0 Å². The van der Waals surface area contributed by atoms with Crippen LogP contribution < -0.4 is 0 Å². The Hall–Kier alpha value is 0.130. The van der Waals surface area contributed by atoms with Gasteiger partial charge in [-0.15, -0.1) is 17.3 Å². The normalized spacial score (nSPS) is 11.0. The summed E-state index contributed by atoms with van der Waals surface area (Å²) < 4.78 is 0. The summed E-state index contributed by atoms with van der Waals surface area (Å²) in [7, 11) is 0. The Balaban J connectivity index is 3.90. The molecule has 11 heavy (non-hydrogen) atoms. The summed E-state index contributed by atoms with van der Waals surface area (Å²) in [4.78, 5) is 0. The Morgan fingerprint density at radius 1 is 1.45 bits per heavy atom. The number of halogens is 3. The predicted octanol–water partition coefficient (Wildman–Crippen LogP) is 4.04. The van der Waals surface area contributed by atoms with Crippen LogP contribution in [0.2, 0.25) is 0 Å². The number of alkyl halides is 1. The first kappa shape index (κ1) is 11.1. The topological polar surface area (TPSA) is 0 Å². The SMILES string of the molecule is C=C=C(Cl)/C=C(/Cl)CCCCl. The van der Waals surface area contributed by atoms with Crippen molar-refractivity contribution in [1.82, 2.24) is 0 Å². The lowest BCUT2D eigenvalue weighted by atomic mass is 10.3. The standard InChI is InChI=1S/C8H9Cl3/c1-2-7(10)6-8(11)4-3-5-9/h6H,1,3-5H2/b8-6+. The minimum absolute atomic E-state index is 0.435. The van der Waals surface area contributed by atoms with Crippen LogP contribution >= 0.6 is 34.8 Å². The maximum Gasteiger partial charge on any atom is 0.0830 e. The highest BCUT2D eigenvalue weighted by molar-refractivity contribution is 6.34. The van der Waals surface area contributed by atoms with Gasteiger partial charge in [-0.3, -0.25) is 0 Å². The lowest BCUT2D eigenvalue weighted by molar-refractivity contribution is 0.952. The van der Waals surface area contributed by atoms with Gasteiger partial charge in [0.1, 0.15) is 0 Å². The van der Waals surface area contributed by atoms with Crippen LogP contribution in [0.1, 0.15) is 12.8 Å². The van der Waals surface area contributed by atoms with E-state index in [9.17, 15) is 0 Å². The molecule has 0 aromatic carbocycles. The molecule has 0 aromatic rings. The van der Waals surface area contributed by atoms with Crippen LogP contribution in [0.3, 0.4) is 0 Å². The zero-order chi connectivity index (χ0) is 8.69. The van der Waals surface area contributed by atoms with Gasteiger partial charge in [0.25, 0.3) is 0 Å². The van der Waals surface area contributed by atoms with E-state index in [0.717, 1.165) is 12.8 Å². The van der Waals surface area contributed by atoms with E-state index in [1.165, 1.54) is 0 Å². The molecule has 0 aliphatic rings. The van der Waals surface area contributed by atoms with Gasteiger partial charge in [0.05, 0.1) is 5.03 Å². The van der Waals surface area contributed by atoms with Crippen LogP contribution in [-0.2, 0) is 0 Å². The summed E-state index contributed by atoms with van der Waals surface area (Å²) in [5.41, 5.74) is 2.51. The third-order valence-electron chi connectivity index (χ3n) is 1.00. The van der Waals surface area contributed by atoms with Gasteiger partial charge in [0, 0.05) is 10.9 Å². The average Bonchev–Trinajstić information content (AvgIpc) is 2.00. The summed E-state index contributed by atoms with van der Waals surface area (Å²) in [6, 6.07) is 0. The van der Waals surface area contributed by atoms with Crippen LogP contribution in [-0.4, -0.2) is 5.88 Å². The van der Waals surface area contributed by atoms with Gasteiger partial charge < -0.3 is 0 Å². The summed E-state index contributed by atoms with van der Waals surface area (Å²) in [5.74, 6) is 0.611. The zero-order valence-corrected chi connectivity index (χ0v) is 8.31. The molecule has 0 amide bonds. The van der Waals surface area contributed by atoms with E-state index < -0.39 is 0 Å². The van der Waals surface area contributed by atoms with Crippen LogP contribution in [0.25, 0.3) is 0 Å². The van der Waals surface area contributed by atoms with E-state index in [1.54, 1.807) is 6.08 Å². The molecule has 0 saturated carbocycles. The van der Waals surface area contributed by atoms with Crippen LogP contribution in [0, 0.1) is 0 Å². The molecule has 0 rings (SSSR count). The molecular weight excluding hydrogens is 202 g/mol. The molecule has 0 fully saturated rings. The van der Waals surface area contributed by atoms with E-state index >= 15 is 0 Å². The zero-order valence-electron chi connectivity index (χ0n) is 6.04. The maximum atomic E-state index is 5.76. The second-order valence-electron chi connectivity index (χ2n) is 1.91. The quantitative estimate of drug-likeness (QED) is 0.374. The van der Waals surface area contributed by atoms with Gasteiger partial charge in [-0.1, -0.05) is 29.8 Å². The lowest BCUT2D eigenvalue weighted by Gasteiger charge is -1.93. The minimum atomic E-state index is 0.435. The summed E-state index contributed by atoms with van der Waals surface area (Å²) in [6.45, 7) is 3.37. The van der Waals surface area contributed by atoms with Crippen molar-refractivity contribution in [3.8, 4) is 0 Å². The maximum absolute atomic E-state index is 5.76. The predicted molar refractivity (Wildman–Crippen MR) is 52.4 cm³/mol. The van der Waals surface area contributed by atoms with Gasteiger partial charge in [-0.2, -0.15) is 0 Å². The lowest BCUT2D eigenvalue weighted by Crippen LogP contribution is -1.76. The average molecular weight is 212 g/mol. The molecule has 0 N–H and O–H groups in total. The molecule has 0 saturated heterocycles. The van der Waals surface area contributed by atoms with Gasteiger partial charge in [0.2, 0.25) is 0 Å². The minimum Gasteiger partial charge on any atom is -0.127 e. The van der Waals surface area contributed by atoms with Crippen molar-refractivity contribution in [3.63, 3.8) is 0 Å². The summed E-state index contributed by atoms with van der Waals surface area (Å²) in [5, 5.41) is 1.12. The number of allylic oxidation sites excluding steroid dienone is 3. The van der Waals surface area contributed by atoms with E-state index in [4.69, 9.17) is 34.8 Å². The monoisotopic (exact) mass is 210 g/mol. The van der Waals surface area contributed by atoms with Crippen molar-refractivity contribution in [2.75, 3.05) is 5.88 Å². The van der Waals surface area contributed by atoms with E-state index in [-0.39, 0.29) is 0 Å². The third kappa shape index (κ3) is 6.52. The molecule has 0 heterocycles. The van der Waals surface area contributed by atoms with Crippen LogP contribution in [0.5, 0.6) is 0 Å². The first-order valence-corrected chi connectivity index (χ1v) is 4.47. The van der Waals surface area contributed by atoms with Crippen molar-refractivity contribution in [1.29, 1.82) is 0 Å². The second kappa shape index (κ2) is 6.82. The van der Waals surface area contributed by atoms with Gasteiger partial charge >= 0.3 is 0 Å². The molecule has 0 atom stereocenters. The molecule has 3 heteroatoms. The molecule has 0 aliphatic heterocycles. The molecule has 62 valence electrons. The highest BCUT2D eigenvalue weighted by Gasteiger charge is 1.92. The van der Waals surface area contributed by atoms with Gasteiger partial charge in [-0.05, 0) is 18.9 Å². The Bertz CT molecular complexity index is 188. The first-order chi connectivity index (χ1) is 5.20. The fourth-order valence-electron chi connectivity index (χ4n) is 0.496. The second-order valence-corrected chi connectivity index (χ2v) is 3.18. The van der Waals surface area contributed by atoms with Crippen molar-refractivity contribution in [3.05, 3.63) is 28.5 Å². The molecule has 0 bridgehead atoms. The first-order valence-electron chi connectivity index (χ1n) is 3.18. The number of rotatable bonds is 4. The Labute approximate surface area is 82.1 Å². The number of hydrogen-bond acceptors (Lipinski definition) is 0. The fraction of sp³-hybridized carbons (Fsp3) is 0.375. The van der Waals surface area contributed by atoms with Gasteiger partial charge in [-0.25, -0.2) is 0 Å². The van der Waals surface area contributed by atoms with E-state index in [2.05, 4.69) is 12.3 Å².